The summed E-state index contributed by atoms with van der Waals surface area (Å²) in [5.41, 5.74) is 4.61. The Morgan fingerprint density at radius 3 is 2.87 bits per heavy atom. The summed E-state index contributed by atoms with van der Waals surface area (Å²) in [6.07, 6.45) is 4.73. The number of fused-ring (bicyclic) bond motifs is 1. The van der Waals surface area contributed by atoms with Gasteiger partial charge in [-0.3, -0.25) is 14.9 Å². The van der Waals surface area contributed by atoms with Crippen LogP contribution >= 0.6 is 0 Å². The molecule has 8 heteroatoms. The van der Waals surface area contributed by atoms with Crippen LogP contribution < -0.4 is 4.90 Å². The predicted molar refractivity (Wildman–Crippen MR) is 115 cm³/mol. The number of benzene rings is 1. The number of carbonyl (C=O) groups is 1. The Kier molecular flexibility index (Phi) is 5.94. The zero-order valence-corrected chi connectivity index (χ0v) is 17.4. The molecule has 0 bridgehead atoms. The van der Waals surface area contributed by atoms with Crippen molar-refractivity contribution in [2.45, 2.75) is 32.6 Å². The van der Waals surface area contributed by atoms with Crippen LogP contribution in [0.4, 0.5) is 5.82 Å². The van der Waals surface area contributed by atoms with Crippen molar-refractivity contribution in [3.8, 4) is 11.3 Å². The van der Waals surface area contributed by atoms with Gasteiger partial charge >= 0.3 is 5.97 Å². The van der Waals surface area contributed by atoms with Gasteiger partial charge in [0.25, 0.3) is 0 Å². The fraction of sp³-hybridized carbons (Fsp3) is 0.455. The van der Waals surface area contributed by atoms with E-state index in [0.717, 1.165) is 52.2 Å². The summed E-state index contributed by atoms with van der Waals surface area (Å²) in [5.74, 6) is -0.181. The molecule has 1 fully saturated rings. The molecule has 0 atom stereocenters. The molecular weight excluding hydrogens is 382 g/mol. The highest BCUT2D eigenvalue weighted by Gasteiger charge is 2.27. The molecule has 0 radical (unpaired) electrons. The summed E-state index contributed by atoms with van der Waals surface area (Å²) < 4.78 is 5.16. The van der Waals surface area contributed by atoms with E-state index in [1.54, 1.807) is 7.11 Å². The Hall–Kier alpha value is -3.00. The van der Waals surface area contributed by atoms with Gasteiger partial charge in [-0.05, 0) is 38.7 Å². The smallest absolute Gasteiger partial charge is 0.306 e. The molecule has 1 saturated heterocycles. The molecule has 3 aromatic rings. The van der Waals surface area contributed by atoms with Crippen LogP contribution in [0.1, 0.15) is 30.7 Å². The molecule has 0 unspecified atom stereocenters. The Labute approximate surface area is 175 Å². The molecular formula is C22H27N5O3. The van der Waals surface area contributed by atoms with E-state index in [4.69, 9.17) is 14.7 Å². The topological polar surface area (TPSA) is 104 Å². The van der Waals surface area contributed by atoms with Crippen LogP contribution in [0.25, 0.3) is 22.2 Å². The number of aromatic amines is 1. The molecule has 158 valence electrons. The number of carboxylic acids is 1. The molecule has 2 N–H and O–H groups in total. The number of aliphatic carboxylic acids is 1. The SMILES string of the molecule is COCCCc1cnc(-c2ccc3c(C)[nH]nc3c2)c(N2CCC(C(=O)O)CC2)n1. The second-order valence-electron chi connectivity index (χ2n) is 7.81. The summed E-state index contributed by atoms with van der Waals surface area (Å²) in [7, 11) is 1.69. The van der Waals surface area contributed by atoms with Crippen molar-refractivity contribution < 1.29 is 14.6 Å². The van der Waals surface area contributed by atoms with Crippen LogP contribution in [0.2, 0.25) is 0 Å². The summed E-state index contributed by atoms with van der Waals surface area (Å²) in [6.45, 7) is 3.99. The predicted octanol–water partition coefficient (Wildman–Crippen LogP) is 3.21. The molecule has 3 heterocycles. The number of aryl methyl sites for hydroxylation is 2. The maximum absolute atomic E-state index is 11.3. The molecule has 0 aliphatic carbocycles. The van der Waals surface area contributed by atoms with Crippen molar-refractivity contribution in [1.82, 2.24) is 20.2 Å². The van der Waals surface area contributed by atoms with Crippen LogP contribution in [0.5, 0.6) is 0 Å². The maximum atomic E-state index is 11.3. The molecule has 1 aliphatic rings. The molecule has 8 nitrogen and oxygen atoms in total. The first kappa shape index (κ1) is 20.3. The molecule has 0 spiro atoms. The zero-order valence-electron chi connectivity index (χ0n) is 17.4. The van der Waals surface area contributed by atoms with Crippen molar-refractivity contribution in [3.05, 3.63) is 35.8 Å². The summed E-state index contributed by atoms with van der Waals surface area (Å²) in [4.78, 5) is 23.2. The Balaban J connectivity index is 1.68. The third kappa shape index (κ3) is 4.14. The van der Waals surface area contributed by atoms with E-state index in [1.165, 1.54) is 0 Å². The molecule has 1 aromatic carbocycles. The zero-order chi connectivity index (χ0) is 21.1. The van der Waals surface area contributed by atoms with Gasteiger partial charge in [0.1, 0.15) is 5.69 Å². The minimum atomic E-state index is -0.714. The Bertz CT molecular complexity index is 1040. The number of H-pyrrole nitrogens is 1. The van der Waals surface area contributed by atoms with Gasteiger partial charge in [0.05, 0.1) is 17.1 Å². The van der Waals surface area contributed by atoms with Gasteiger partial charge in [-0.15, -0.1) is 0 Å². The standard InChI is InChI=1S/C22H27N5O3/c1-14-18-6-5-16(12-19(18)26-25-14)20-21(24-17(13-23-20)4-3-11-30-2)27-9-7-15(8-10-27)22(28)29/h5-6,12-13,15H,3-4,7-11H2,1-2H3,(H,25,26)(H,28,29). The van der Waals surface area contributed by atoms with Crippen molar-refractivity contribution >= 4 is 22.7 Å². The number of hydrogen-bond acceptors (Lipinski definition) is 6. The van der Waals surface area contributed by atoms with Crippen molar-refractivity contribution in [2.75, 3.05) is 31.7 Å². The number of anilines is 1. The van der Waals surface area contributed by atoms with E-state index in [-0.39, 0.29) is 5.92 Å². The average molecular weight is 409 g/mol. The molecule has 0 amide bonds. The van der Waals surface area contributed by atoms with E-state index in [1.807, 2.05) is 25.3 Å². The van der Waals surface area contributed by atoms with Crippen LogP contribution in [0, 0.1) is 12.8 Å². The lowest BCUT2D eigenvalue weighted by atomic mass is 9.96. The minimum Gasteiger partial charge on any atom is -0.481 e. The lowest BCUT2D eigenvalue weighted by Gasteiger charge is -2.32. The fourth-order valence-corrected chi connectivity index (χ4v) is 3.99. The number of aromatic nitrogens is 4. The lowest BCUT2D eigenvalue weighted by molar-refractivity contribution is -0.142. The van der Waals surface area contributed by atoms with Gasteiger partial charge in [-0.2, -0.15) is 5.10 Å². The molecule has 30 heavy (non-hydrogen) atoms. The highest BCUT2D eigenvalue weighted by Crippen LogP contribution is 2.32. The Morgan fingerprint density at radius 2 is 2.13 bits per heavy atom. The third-order valence-electron chi connectivity index (χ3n) is 5.75. The van der Waals surface area contributed by atoms with Crippen molar-refractivity contribution in [1.29, 1.82) is 0 Å². The molecule has 1 aliphatic heterocycles. The van der Waals surface area contributed by atoms with E-state index in [9.17, 15) is 9.90 Å². The highest BCUT2D eigenvalue weighted by molar-refractivity contribution is 5.87. The first-order chi connectivity index (χ1) is 14.6. The number of hydrogen-bond donors (Lipinski definition) is 2. The van der Waals surface area contributed by atoms with E-state index in [2.05, 4.69) is 21.2 Å². The fourth-order valence-electron chi connectivity index (χ4n) is 3.99. The quantitative estimate of drug-likeness (QED) is 0.577. The van der Waals surface area contributed by atoms with Gasteiger partial charge in [0.2, 0.25) is 0 Å². The second kappa shape index (κ2) is 8.79. The minimum absolute atomic E-state index is 0.286. The Morgan fingerprint density at radius 1 is 1.33 bits per heavy atom. The molecule has 0 saturated carbocycles. The average Bonchev–Trinajstić information content (AvgIpc) is 3.14. The van der Waals surface area contributed by atoms with Crippen LogP contribution in [0.15, 0.2) is 24.4 Å². The highest BCUT2D eigenvalue weighted by atomic mass is 16.5. The first-order valence-electron chi connectivity index (χ1n) is 10.3. The number of piperidine rings is 1. The number of methoxy groups -OCH3 is 1. The van der Waals surface area contributed by atoms with E-state index >= 15 is 0 Å². The normalized spacial score (nSPS) is 15.1. The number of nitrogens with one attached hydrogen (secondary N) is 1. The van der Waals surface area contributed by atoms with Crippen LogP contribution in [-0.2, 0) is 16.0 Å². The summed E-state index contributed by atoms with van der Waals surface area (Å²) in [6, 6.07) is 6.13. The molecule has 2 aromatic heterocycles. The number of rotatable bonds is 7. The van der Waals surface area contributed by atoms with Gasteiger partial charge in [-0.1, -0.05) is 12.1 Å². The molecule has 4 rings (SSSR count). The first-order valence-corrected chi connectivity index (χ1v) is 10.3. The number of carboxylic acid groups (broad SMARTS) is 1. The van der Waals surface area contributed by atoms with Gasteiger partial charge in [0.15, 0.2) is 5.82 Å². The lowest BCUT2D eigenvalue weighted by Crippen LogP contribution is -2.37. The second-order valence-corrected chi connectivity index (χ2v) is 7.81. The van der Waals surface area contributed by atoms with Crippen LogP contribution in [0.3, 0.4) is 0 Å². The largest absolute Gasteiger partial charge is 0.481 e. The van der Waals surface area contributed by atoms with E-state index < -0.39 is 5.97 Å². The monoisotopic (exact) mass is 409 g/mol. The summed E-state index contributed by atoms with van der Waals surface area (Å²) >= 11 is 0. The van der Waals surface area contributed by atoms with E-state index in [0.29, 0.717) is 32.5 Å². The van der Waals surface area contributed by atoms with Gasteiger partial charge in [-0.25, -0.2) is 4.98 Å². The third-order valence-corrected chi connectivity index (χ3v) is 5.75. The van der Waals surface area contributed by atoms with Crippen LogP contribution in [-0.4, -0.2) is 58.0 Å². The number of nitrogens with zero attached hydrogens (tertiary/aromatic N) is 4. The van der Waals surface area contributed by atoms with Gasteiger partial charge < -0.3 is 14.7 Å². The summed E-state index contributed by atoms with van der Waals surface area (Å²) in [5, 5.41) is 17.8. The van der Waals surface area contributed by atoms with Crippen molar-refractivity contribution in [3.63, 3.8) is 0 Å². The van der Waals surface area contributed by atoms with Crippen molar-refractivity contribution in [2.24, 2.45) is 5.92 Å². The number of ether oxygens (including phenoxy) is 1. The maximum Gasteiger partial charge on any atom is 0.306 e. The van der Waals surface area contributed by atoms with Gasteiger partial charge in [0, 0.05) is 49.6 Å².